The number of rotatable bonds is 5. The van der Waals surface area contributed by atoms with Gasteiger partial charge in [0.25, 0.3) is 5.56 Å². The van der Waals surface area contributed by atoms with Crippen molar-refractivity contribution in [2.24, 2.45) is 0 Å². The molecule has 0 saturated heterocycles. The van der Waals surface area contributed by atoms with Gasteiger partial charge in [0, 0.05) is 10.6 Å². The molecular weight excluding hydrogens is 312 g/mol. The lowest BCUT2D eigenvalue weighted by Gasteiger charge is -2.05. The minimum atomic E-state index is -0.678. The number of nitrogens with zero attached hydrogens (tertiary/aromatic N) is 1. The third-order valence-corrected chi connectivity index (χ3v) is 4.06. The number of thioether (sulfide) groups is 2. The van der Waals surface area contributed by atoms with Gasteiger partial charge in [-0.25, -0.2) is 9.89 Å². The summed E-state index contributed by atoms with van der Waals surface area (Å²) < 4.78 is 0. The largest absolute Gasteiger partial charge is 0.342 e. The van der Waals surface area contributed by atoms with Crippen molar-refractivity contribution in [1.82, 2.24) is 15.2 Å². The lowest BCUT2D eigenvalue weighted by molar-refractivity contribution is -0.113. The van der Waals surface area contributed by atoms with Gasteiger partial charge in [-0.2, -0.15) is 5.10 Å². The Morgan fingerprint density at radius 3 is 2.90 bits per heavy atom. The van der Waals surface area contributed by atoms with Crippen molar-refractivity contribution in [3.8, 4) is 0 Å². The van der Waals surface area contributed by atoms with Crippen LogP contribution in [0.1, 0.15) is 0 Å². The number of anilines is 1. The minimum absolute atomic E-state index is 0.0195. The van der Waals surface area contributed by atoms with E-state index >= 15 is 0 Å². The highest BCUT2D eigenvalue weighted by atomic mass is 32.2. The van der Waals surface area contributed by atoms with E-state index in [1.54, 1.807) is 17.8 Å². The Hall–Kier alpha value is -2.00. The zero-order valence-electron chi connectivity index (χ0n) is 11.0. The molecule has 1 heterocycles. The Balaban J connectivity index is 1.95. The van der Waals surface area contributed by atoms with Crippen molar-refractivity contribution in [2.45, 2.75) is 9.92 Å². The second-order valence-electron chi connectivity index (χ2n) is 3.88. The van der Waals surface area contributed by atoms with Crippen LogP contribution >= 0.6 is 23.5 Å². The van der Waals surface area contributed by atoms with Gasteiger partial charge in [-0.1, -0.05) is 17.8 Å². The first kappa shape index (κ1) is 15.4. The Kier molecular flexibility index (Phi) is 5.23. The molecule has 3 N–H and O–H groups in total. The molecular formula is C12H12N4O3S2. The average molecular weight is 324 g/mol. The summed E-state index contributed by atoms with van der Waals surface area (Å²) in [7, 11) is 0. The predicted molar refractivity (Wildman–Crippen MR) is 83.1 cm³/mol. The molecule has 0 saturated carbocycles. The molecule has 0 unspecified atom stereocenters. The summed E-state index contributed by atoms with van der Waals surface area (Å²) in [4.78, 5) is 37.1. The maximum Gasteiger partial charge on any atom is 0.342 e. The van der Waals surface area contributed by atoms with E-state index in [9.17, 15) is 14.4 Å². The predicted octanol–water partition coefficient (Wildman–Crippen LogP) is 0.911. The molecule has 0 fully saturated rings. The summed E-state index contributed by atoms with van der Waals surface area (Å²) in [6.45, 7) is 0. The molecule has 7 nitrogen and oxygen atoms in total. The molecule has 1 aromatic carbocycles. The highest BCUT2D eigenvalue weighted by Gasteiger charge is 2.08. The van der Waals surface area contributed by atoms with Crippen molar-refractivity contribution >= 4 is 35.1 Å². The number of hydrogen-bond acceptors (Lipinski definition) is 6. The number of hydrogen-bond donors (Lipinski definition) is 3. The van der Waals surface area contributed by atoms with Crippen LogP contribution in [-0.2, 0) is 4.79 Å². The first-order chi connectivity index (χ1) is 10.1. The quantitative estimate of drug-likeness (QED) is 0.706. The molecule has 9 heteroatoms. The molecule has 0 radical (unpaired) electrons. The van der Waals surface area contributed by atoms with Gasteiger partial charge in [0.05, 0.1) is 5.75 Å². The van der Waals surface area contributed by atoms with Crippen LogP contribution in [0, 0.1) is 0 Å². The fourth-order valence-electron chi connectivity index (χ4n) is 1.47. The molecule has 0 atom stereocenters. The maximum absolute atomic E-state index is 11.8. The molecule has 110 valence electrons. The minimum Gasteiger partial charge on any atom is -0.325 e. The highest BCUT2D eigenvalue weighted by Crippen LogP contribution is 2.19. The van der Waals surface area contributed by atoms with Gasteiger partial charge in [-0.05, 0) is 24.5 Å². The Morgan fingerprint density at radius 2 is 2.19 bits per heavy atom. The normalized spacial score (nSPS) is 10.3. The van der Waals surface area contributed by atoms with E-state index in [2.05, 4.69) is 15.5 Å². The van der Waals surface area contributed by atoms with Crippen molar-refractivity contribution in [3.05, 3.63) is 45.1 Å². The van der Waals surface area contributed by atoms with E-state index in [1.165, 1.54) is 0 Å². The van der Waals surface area contributed by atoms with Gasteiger partial charge in [-0.3, -0.25) is 14.6 Å². The molecule has 0 bridgehead atoms. The van der Waals surface area contributed by atoms with E-state index in [1.807, 2.05) is 29.4 Å². The van der Waals surface area contributed by atoms with Gasteiger partial charge in [-0.15, -0.1) is 11.8 Å². The summed E-state index contributed by atoms with van der Waals surface area (Å²) in [6.07, 6.45) is 1.95. The van der Waals surface area contributed by atoms with Crippen LogP contribution in [0.2, 0.25) is 0 Å². The van der Waals surface area contributed by atoms with E-state index < -0.39 is 11.2 Å². The molecule has 2 rings (SSSR count). The Labute approximate surface area is 127 Å². The zero-order valence-corrected chi connectivity index (χ0v) is 12.6. The summed E-state index contributed by atoms with van der Waals surface area (Å²) >= 11 is 2.53. The van der Waals surface area contributed by atoms with Gasteiger partial charge in [0.15, 0.2) is 5.03 Å². The van der Waals surface area contributed by atoms with Crippen molar-refractivity contribution < 1.29 is 4.79 Å². The van der Waals surface area contributed by atoms with Crippen molar-refractivity contribution in [1.29, 1.82) is 0 Å². The molecule has 1 amide bonds. The molecule has 0 spiro atoms. The van der Waals surface area contributed by atoms with Crippen LogP contribution in [0.3, 0.4) is 0 Å². The van der Waals surface area contributed by atoms with Crippen LogP contribution in [0.15, 0.2) is 43.8 Å². The summed E-state index contributed by atoms with van der Waals surface area (Å²) in [5.74, 6) is -0.239. The number of benzene rings is 1. The van der Waals surface area contributed by atoms with Crippen LogP contribution in [0.25, 0.3) is 0 Å². The number of H-pyrrole nitrogens is 2. The van der Waals surface area contributed by atoms with Crippen molar-refractivity contribution in [3.63, 3.8) is 0 Å². The zero-order chi connectivity index (χ0) is 15.2. The second-order valence-corrected chi connectivity index (χ2v) is 5.72. The van der Waals surface area contributed by atoms with Gasteiger partial charge < -0.3 is 5.32 Å². The molecule has 2 aromatic rings. The Morgan fingerprint density at radius 1 is 1.38 bits per heavy atom. The van der Waals surface area contributed by atoms with Crippen LogP contribution in [0.5, 0.6) is 0 Å². The van der Waals surface area contributed by atoms with Gasteiger partial charge in [0.1, 0.15) is 0 Å². The number of aromatic amines is 2. The summed E-state index contributed by atoms with van der Waals surface area (Å²) in [5, 5.41) is 8.47. The number of carbonyl (C=O) groups excluding carboxylic acids is 1. The van der Waals surface area contributed by atoms with Crippen LogP contribution < -0.4 is 16.6 Å². The third-order valence-electron chi connectivity index (χ3n) is 2.37. The van der Waals surface area contributed by atoms with Crippen molar-refractivity contribution in [2.75, 3.05) is 17.3 Å². The molecule has 0 aliphatic heterocycles. The fraction of sp³-hybridized carbons (Fsp3) is 0.167. The maximum atomic E-state index is 11.8. The second kappa shape index (κ2) is 7.14. The Bertz CT molecular complexity index is 756. The number of carbonyl (C=O) groups is 1. The highest BCUT2D eigenvalue weighted by molar-refractivity contribution is 7.99. The van der Waals surface area contributed by atoms with Gasteiger partial charge in [0.2, 0.25) is 5.91 Å². The molecule has 0 aliphatic carbocycles. The van der Waals surface area contributed by atoms with Crippen LogP contribution in [0.4, 0.5) is 5.69 Å². The molecule has 21 heavy (non-hydrogen) atoms. The summed E-state index contributed by atoms with van der Waals surface area (Å²) in [5.41, 5.74) is -0.598. The van der Waals surface area contributed by atoms with E-state index in [0.717, 1.165) is 16.7 Å². The number of aromatic nitrogens is 3. The van der Waals surface area contributed by atoms with Crippen LogP contribution in [-0.4, -0.2) is 33.1 Å². The summed E-state index contributed by atoms with van der Waals surface area (Å²) in [6, 6.07) is 7.44. The lowest BCUT2D eigenvalue weighted by atomic mass is 10.3. The molecule has 0 aliphatic rings. The molecule has 1 aromatic heterocycles. The standard InChI is InChI=1S/C12H12N4O3S2/c1-20-8-4-2-3-7(5-8)13-9(17)6-21-11-10(18)14-12(19)16-15-11/h2-5H,6H2,1H3,(H,13,17)(H2,14,16,18,19). The average Bonchev–Trinajstić information content (AvgIpc) is 2.46. The smallest absolute Gasteiger partial charge is 0.325 e. The third kappa shape index (κ3) is 4.50. The first-order valence-corrected chi connectivity index (χ1v) is 8.05. The monoisotopic (exact) mass is 324 g/mol. The topological polar surface area (TPSA) is 108 Å². The lowest BCUT2D eigenvalue weighted by Crippen LogP contribution is -2.25. The first-order valence-electron chi connectivity index (χ1n) is 5.84. The number of amides is 1. The van der Waals surface area contributed by atoms with E-state index in [0.29, 0.717) is 5.69 Å². The van der Waals surface area contributed by atoms with Gasteiger partial charge >= 0.3 is 5.69 Å². The van der Waals surface area contributed by atoms with E-state index in [4.69, 9.17) is 0 Å². The SMILES string of the molecule is CSc1cccc(NC(=O)CSc2n[nH]c(=O)[nH]c2=O)c1. The fourth-order valence-corrected chi connectivity index (χ4v) is 2.56. The van der Waals surface area contributed by atoms with E-state index in [-0.39, 0.29) is 16.7 Å². The number of nitrogens with one attached hydrogen (secondary N) is 3.